The summed E-state index contributed by atoms with van der Waals surface area (Å²) in [6.07, 6.45) is -8.22. The number of rotatable bonds is 26. The number of nitrogens with zero attached hydrogens (tertiary/aromatic N) is 1. The van der Waals surface area contributed by atoms with Crippen molar-refractivity contribution in [3.63, 3.8) is 0 Å². The minimum atomic E-state index is -2.33. The Morgan fingerprint density at radius 3 is 1.91 bits per heavy atom. The van der Waals surface area contributed by atoms with Crippen LogP contribution in [0, 0.1) is 5.92 Å². The van der Waals surface area contributed by atoms with Crippen molar-refractivity contribution in [2.45, 2.75) is 214 Å². The summed E-state index contributed by atoms with van der Waals surface area (Å²) in [6.45, 7) is 10.7. The number of carboxylic acids is 1. The number of likely N-dealkylation sites (N-methyl/N-ethyl adjacent to an activating group) is 2. The molecular weight excluding hydrogens is 1540 g/mol. The molecule has 7 aliphatic heterocycles. The van der Waals surface area contributed by atoms with Crippen molar-refractivity contribution >= 4 is 70.5 Å². The molecule has 7 amide bonds. The van der Waals surface area contributed by atoms with Gasteiger partial charge in [-0.2, -0.15) is 0 Å². The van der Waals surface area contributed by atoms with Crippen molar-refractivity contribution in [2.24, 2.45) is 17.4 Å². The molecule has 5 aromatic carbocycles. The molecule has 36 heteroatoms. The zero-order valence-electron chi connectivity index (χ0n) is 64.6. The van der Waals surface area contributed by atoms with Crippen molar-refractivity contribution < 1.29 is 113 Å². The standard InChI is InChI=1S/C79H103Cl2N11O23/c1-8-9-10-11-12-13-14-15-23-92(7)24-22-85-79(5)34-57(110-37(4)70(79)101)114-69-67(100)66(99)55(35-82)113-78(69)115-68-53-29-41-30-54(68)112-52-21-18-40(28-46(52)81)65(98)63-76(107)89-61(77(108)109)44-31-42(93)32-50(95)58(44)43-26-38(16-19-49(43)94)59(73(104)91-63)88-74(105)60(41)87-72(103)48(33-56(83)96)86-75(106)62(90-71(102)47(84-6)25-36(2)3)64(97)39-17-20-51(111-53)45(80)27-39/h16-21,26-32,36-37,47-48,55,57,59-67,69-70,78,84-85,93-95,97-101H,8-15,22-25,33-35,82H2,1-7H3,(H2,83,96)(H,86,106)(H,87,103)(H,88,105)(H,89,107)(H,90,102)(H,91,104)(H,108,109)/t37-,47+,48-,55+,57-,59+,60+,61-,62+,63-,64+,65+,66+,67-,69+,70+,78-,79-/m0/s1. The van der Waals surface area contributed by atoms with Gasteiger partial charge < -0.3 is 133 Å². The van der Waals surface area contributed by atoms with Crippen LogP contribution in [0.1, 0.15) is 163 Å². The Bertz CT molecular complexity index is 4370. The van der Waals surface area contributed by atoms with Gasteiger partial charge in [0.2, 0.25) is 53.4 Å². The molecule has 0 aliphatic carbocycles. The predicted molar refractivity (Wildman–Crippen MR) is 415 cm³/mol. The van der Waals surface area contributed by atoms with E-state index in [-0.39, 0.29) is 52.0 Å². The second-order valence-corrected chi connectivity index (χ2v) is 31.2. The van der Waals surface area contributed by atoms with Crippen LogP contribution in [0.4, 0.5) is 0 Å². The molecule has 0 saturated carbocycles. The highest BCUT2D eigenvalue weighted by Crippen LogP contribution is 2.50. The largest absolute Gasteiger partial charge is 0.508 e. The van der Waals surface area contributed by atoms with Crippen LogP contribution in [-0.4, -0.2) is 217 Å². The highest BCUT2D eigenvalue weighted by Gasteiger charge is 2.52. The third-order valence-electron chi connectivity index (χ3n) is 21.2. The molecule has 626 valence electrons. The van der Waals surface area contributed by atoms with E-state index in [9.17, 15) is 69.9 Å². The minimum Gasteiger partial charge on any atom is -0.508 e. The molecular formula is C79H103Cl2N11O23. The second kappa shape index (κ2) is 38.7. The molecule has 0 spiro atoms. The monoisotopic (exact) mass is 1640 g/mol. The van der Waals surface area contributed by atoms with Crippen molar-refractivity contribution in [2.75, 3.05) is 40.3 Å². The van der Waals surface area contributed by atoms with Gasteiger partial charge >= 0.3 is 5.97 Å². The lowest BCUT2D eigenvalue weighted by molar-refractivity contribution is -0.331. The summed E-state index contributed by atoms with van der Waals surface area (Å²) in [5.74, 6) is -15.6. The summed E-state index contributed by atoms with van der Waals surface area (Å²) in [7, 11) is 3.50. The number of phenols is 3. The van der Waals surface area contributed by atoms with E-state index in [2.05, 4.69) is 54.4 Å². The van der Waals surface area contributed by atoms with E-state index >= 15 is 14.4 Å². The Balaban J connectivity index is 1.15. The van der Waals surface area contributed by atoms with E-state index in [1.807, 2.05) is 20.9 Å². The first-order valence-corrected chi connectivity index (χ1v) is 39.1. The van der Waals surface area contributed by atoms with Crippen LogP contribution in [0.2, 0.25) is 10.0 Å². The lowest BCUT2D eigenvalue weighted by Crippen LogP contribution is -2.66. The third kappa shape index (κ3) is 21.0. The smallest absolute Gasteiger partial charge is 0.330 e. The molecule has 34 nitrogen and oxygen atoms in total. The molecule has 115 heavy (non-hydrogen) atoms. The van der Waals surface area contributed by atoms with Crippen LogP contribution in [0.25, 0.3) is 11.1 Å². The number of carboxylic acid groups (broad SMARTS) is 1. The van der Waals surface area contributed by atoms with Gasteiger partial charge in [-0.3, -0.25) is 33.6 Å². The number of aliphatic hydroxyl groups is 5. The molecule has 0 unspecified atom stereocenters. The molecule has 7 aliphatic rings. The molecule has 21 N–H and O–H groups in total. The Labute approximate surface area is 673 Å². The van der Waals surface area contributed by atoms with Crippen LogP contribution in [0.3, 0.4) is 0 Å². The third-order valence-corrected chi connectivity index (χ3v) is 21.8. The number of carbonyl (C=O) groups excluding carboxylic acids is 7. The average molecular weight is 1650 g/mol. The average Bonchev–Trinajstić information content (AvgIpc) is 0.766. The summed E-state index contributed by atoms with van der Waals surface area (Å²) >= 11 is 14.3. The number of carbonyl (C=O) groups is 8. The predicted octanol–water partition coefficient (Wildman–Crippen LogP) is 3.78. The molecule has 18 atom stereocenters. The van der Waals surface area contributed by atoms with Crippen LogP contribution >= 0.6 is 23.2 Å². The number of benzene rings is 5. The first-order chi connectivity index (χ1) is 54.6. The second-order valence-electron chi connectivity index (χ2n) is 30.4. The van der Waals surface area contributed by atoms with Crippen LogP contribution in [-0.2, 0) is 52.6 Å². The van der Waals surface area contributed by atoms with Crippen molar-refractivity contribution in [3.8, 4) is 57.1 Å². The van der Waals surface area contributed by atoms with E-state index in [1.54, 1.807) is 13.8 Å². The van der Waals surface area contributed by atoms with Gasteiger partial charge in [-0.05, 0) is 130 Å². The zero-order valence-corrected chi connectivity index (χ0v) is 66.1. The normalized spacial score (nSPS) is 27.4. The van der Waals surface area contributed by atoms with Gasteiger partial charge in [0.25, 0.3) is 0 Å². The number of halogens is 2. The number of aromatic hydroxyl groups is 3. The Morgan fingerprint density at radius 2 is 1.30 bits per heavy atom. The van der Waals surface area contributed by atoms with Crippen molar-refractivity contribution in [1.82, 2.24) is 47.4 Å². The molecule has 12 rings (SSSR count). The maximum Gasteiger partial charge on any atom is 0.330 e. The van der Waals surface area contributed by atoms with Gasteiger partial charge in [0.05, 0.1) is 34.7 Å². The van der Waals surface area contributed by atoms with Gasteiger partial charge in [0.1, 0.15) is 89.5 Å². The zero-order chi connectivity index (χ0) is 83.6. The fourth-order valence-electron chi connectivity index (χ4n) is 14.8. The van der Waals surface area contributed by atoms with E-state index in [0.29, 0.717) is 13.1 Å². The molecule has 11 bridgehead atoms. The fourth-order valence-corrected chi connectivity index (χ4v) is 15.3. The van der Waals surface area contributed by atoms with Crippen molar-refractivity contribution in [3.05, 3.63) is 117 Å². The van der Waals surface area contributed by atoms with Crippen LogP contribution in [0.15, 0.2) is 78.9 Å². The number of amides is 7. The highest BCUT2D eigenvalue weighted by atomic mass is 35.5. The SMILES string of the molecule is CCCCCCCCCCN(C)CCN[C@@]1(C)C[C@H](O[C@H]2[C@H](Oc3c4cc5cc3Oc3ccc(cc3Cl)[C@@H](O)[C@@H](NC(=O)[C@@H](CC(C)C)NC)C(=O)N[C@@H](CC(N)=O)C(=O)N[C@H]5C(=O)N[C@H]3C(=O)N[C@H](C(=O)N[C@H](C(=O)O)c5cc(O)cc(O)c5-c5cc3ccc5O)[C@H](O)c3ccc(c(Cl)c3)O4)O[C@H](CN)[C@@H](O)[C@@H]2O)O[C@@H](C)[C@H]1O. The van der Waals surface area contributed by atoms with Gasteiger partial charge in [0, 0.05) is 54.4 Å². The van der Waals surface area contributed by atoms with Crippen LogP contribution in [0.5, 0.6) is 46.0 Å². The Hall–Kier alpha value is -9.24. The Morgan fingerprint density at radius 1 is 0.696 bits per heavy atom. The number of phenolic OH excluding ortho intramolecular Hbond substituents is 3. The molecule has 0 aromatic heterocycles. The first-order valence-electron chi connectivity index (χ1n) is 38.3. The number of aliphatic hydroxyl groups excluding tert-OH is 5. The Kier molecular flexibility index (Phi) is 29.6. The number of ether oxygens (including phenoxy) is 6. The minimum absolute atomic E-state index is 0.0785. The first kappa shape index (κ1) is 88.1. The fraction of sp³-hybridized carbons (Fsp3) is 0.519. The lowest BCUT2D eigenvalue weighted by atomic mass is 9.85. The number of nitrogens with two attached hydrogens (primary N) is 2. The van der Waals surface area contributed by atoms with Crippen LogP contribution < -0.4 is 68.2 Å². The van der Waals surface area contributed by atoms with E-state index < -0.39 is 231 Å². The molecule has 7 heterocycles. The lowest BCUT2D eigenvalue weighted by Gasteiger charge is -2.48. The summed E-state index contributed by atoms with van der Waals surface area (Å²) < 4.78 is 39.8. The van der Waals surface area contributed by atoms with E-state index in [4.69, 9.17) is 63.1 Å². The molecule has 2 fully saturated rings. The number of hydrogen-bond acceptors (Lipinski definition) is 26. The maximum atomic E-state index is 16.2. The van der Waals surface area contributed by atoms with Gasteiger partial charge in [-0.15, -0.1) is 0 Å². The number of fused-ring (bicyclic) bond motifs is 15. The number of unbranched alkanes of at least 4 members (excludes halogenated alkanes) is 7. The van der Waals surface area contributed by atoms with E-state index in [1.165, 1.54) is 63.4 Å². The summed E-state index contributed by atoms with van der Waals surface area (Å²) in [5, 5.41) is 126. The number of aliphatic carboxylic acids is 1. The molecule has 2 saturated heterocycles. The summed E-state index contributed by atoms with van der Waals surface area (Å²) in [6, 6.07) is -0.196. The van der Waals surface area contributed by atoms with Crippen molar-refractivity contribution in [1.29, 1.82) is 0 Å². The summed E-state index contributed by atoms with van der Waals surface area (Å²) in [4.78, 5) is 120. The highest BCUT2D eigenvalue weighted by molar-refractivity contribution is 6.32. The molecule has 0 radical (unpaired) electrons. The molecule has 5 aromatic rings. The topological polar surface area (TPSA) is 526 Å². The number of hydrogen-bond donors (Lipinski definition) is 19. The van der Waals surface area contributed by atoms with Gasteiger partial charge in [-0.1, -0.05) is 107 Å². The van der Waals surface area contributed by atoms with Gasteiger partial charge in [0.15, 0.2) is 29.9 Å². The maximum absolute atomic E-state index is 16.2. The number of primary amides is 1. The number of nitrogens with one attached hydrogen (secondary N) is 8. The quantitative estimate of drug-likeness (QED) is 0.0350. The summed E-state index contributed by atoms with van der Waals surface area (Å²) in [5.41, 5.74) is 8.21. The van der Waals surface area contributed by atoms with E-state index in [0.717, 1.165) is 80.4 Å². The van der Waals surface area contributed by atoms with Gasteiger partial charge in [-0.25, -0.2) is 4.79 Å².